The van der Waals surface area contributed by atoms with E-state index in [0.717, 1.165) is 40.1 Å². The summed E-state index contributed by atoms with van der Waals surface area (Å²) in [6, 6.07) is -0.0928. The molecule has 1 aromatic carbocycles. The average molecular weight is 433 g/mol. The van der Waals surface area contributed by atoms with E-state index in [-0.39, 0.29) is 12.4 Å². The number of rotatable bonds is 5. The van der Waals surface area contributed by atoms with E-state index in [1.165, 1.54) is 0 Å². The number of carbonyl (C=O) groups excluding carboxylic acids is 2. The molecule has 31 heavy (non-hydrogen) atoms. The first-order valence-corrected chi connectivity index (χ1v) is 10.0. The molecule has 2 aliphatic heterocycles. The number of amides is 2. The fourth-order valence-electron chi connectivity index (χ4n) is 4.21. The van der Waals surface area contributed by atoms with Crippen LogP contribution in [0.15, 0.2) is 12.3 Å². The van der Waals surface area contributed by atoms with Crippen molar-refractivity contribution < 1.29 is 27.8 Å². The zero-order chi connectivity index (χ0) is 21.9. The zero-order valence-electron chi connectivity index (χ0n) is 16.7. The average Bonchev–Trinajstić information content (AvgIpc) is 3.22. The van der Waals surface area contributed by atoms with Crippen molar-refractivity contribution in [3.63, 3.8) is 0 Å². The van der Waals surface area contributed by atoms with Crippen molar-refractivity contribution in [2.45, 2.75) is 44.8 Å². The molecule has 11 heteroatoms. The summed E-state index contributed by atoms with van der Waals surface area (Å²) in [4.78, 5) is 29.0. The van der Waals surface area contributed by atoms with E-state index in [9.17, 15) is 18.4 Å². The summed E-state index contributed by atoms with van der Waals surface area (Å²) < 4.78 is 39.4. The van der Waals surface area contributed by atoms with Crippen LogP contribution in [0, 0.1) is 0 Å². The molecule has 0 spiro atoms. The lowest BCUT2D eigenvalue weighted by atomic mass is 9.82. The van der Waals surface area contributed by atoms with Crippen LogP contribution in [0.2, 0.25) is 0 Å². The highest BCUT2D eigenvalue weighted by atomic mass is 19.3. The predicted molar refractivity (Wildman–Crippen MR) is 106 cm³/mol. The quantitative estimate of drug-likeness (QED) is 0.745. The van der Waals surface area contributed by atoms with Gasteiger partial charge in [-0.2, -0.15) is 0 Å². The Morgan fingerprint density at radius 1 is 1.32 bits per heavy atom. The molecule has 0 radical (unpaired) electrons. The second-order valence-electron chi connectivity index (χ2n) is 7.84. The normalized spacial score (nSPS) is 20.1. The fraction of sp³-hybridized carbons (Fsp3) is 0.450. The second-order valence-corrected chi connectivity index (χ2v) is 7.84. The van der Waals surface area contributed by atoms with E-state index in [2.05, 4.69) is 10.3 Å². The molecule has 0 bridgehead atoms. The molecule has 9 nitrogen and oxygen atoms in total. The molecule has 3 N–H and O–H groups in total. The number of halogens is 2. The van der Waals surface area contributed by atoms with E-state index in [1.807, 2.05) is 10.6 Å². The molecule has 2 amide bonds. The van der Waals surface area contributed by atoms with Gasteiger partial charge in [0.05, 0.1) is 12.1 Å². The number of hydrogen-bond donors (Lipinski definition) is 2. The Labute approximate surface area is 176 Å². The summed E-state index contributed by atoms with van der Waals surface area (Å²) >= 11 is 0. The summed E-state index contributed by atoms with van der Waals surface area (Å²) in [5, 5.41) is 3.14. The van der Waals surface area contributed by atoms with Crippen LogP contribution in [0.3, 0.4) is 0 Å². The topological polar surface area (TPSA) is 112 Å². The Hall–Kier alpha value is -3.37. The highest BCUT2D eigenvalue weighted by Crippen LogP contribution is 2.46. The van der Waals surface area contributed by atoms with E-state index in [4.69, 9.17) is 15.2 Å². The van der Waals surface area contributed by atoms with Gasteiger partial charge in [-0.15, -0.1) is 0 Å². The van der Waals surface area contributed by atoms with Crippen molar-refractivity contribution in [1.29, 1.82) is 0 Å². The summed E-state index contributed by atoms with van der Waals surface area (Å²) in [7, 11) is 0. The van der Waals surface area contributed by atoms with Crippen molar-refractivity contribution in [2.75, 3.05) is 23.4 Å². The molecule has 0 saturated carbocycles. The van der Waals surface area contributed by atoms with E-state index in [0.29, 0.717) is 24.7 Å². The third-order valence-corrected chi connectivity index (χ3v) is 5.96. The van der Waals surface area contributed by atoms with Crippen LogP contribution in [0.4, 0.5) is 25.1 Å². The number of hydrogen-bond acceptors (Lipinski definition) is 6. The second kappa shape index (κ2) is 7.10. The Morgan fingerprint density at radius 2 is 2.10 bits per heavy atom. The van der Waals surface area contributed by atoms with Gasteiger partial charge >= 0.3 is 6.09 Å². The Morgan fingerprint density at radius 3 is 2.77 bits per heavy atom. The highest BCUT2D eigenvalue weighted by Gasteiger charge is 2.42. The van der Waals surface area contributed by atoms with Gasteiger partial charge in [-0.3, -0.25) is 4.79 Å². The van der Waals surface area contributed by atoms with Crippen molar-refractivity contribution >= 4 is 23.5 Å². The van der Waals surface area contributed by atoms with Crippen molar-refractivity contribution in [1.82, 2.24) is 9.55 Å². The van der Waals surface area contributed by atoms with Crippen molar-refractivity contribution in [3.05, 3.63) is 23.4 Å². The molecule has 1 aromatic heterocycles. The molecule has 0 unspecified atom stereocenters. The van der Waals surface area contributed by atoms with Gasteiger partial charge in [-0.1, -0.05) is 0 Å². The van der Waals surface area contributed by atoms with Gasteiger partial charge in [0.1, 0.15) is 36.9 Å². The lowest BCUT2D eigenvalue weighted by Crippen LogP contribution is -2.38. The molecular formula is C20H21F2N5O4. The lowest BCUT2D eigenvalue weighted by Gasteiger charge is -2.28. The minimum absolute atomic E-state index is 0.133. The number of cyclic esters (lactones) is 1. The molecule has 164 valence electrons. The summed E-state index contributed by atoms with van der Waals surface area (Å²) in [5.41, 5.74) is 9.01. The number of ether oxygens (including phenoxy) is 2. The minimum Gasteiger partial charge on any atom is -0.491 e. The third-order valence-electron chi connectivity index (χ3n) is 5.96. The summed E-state index contributed by atoms with van der Waals surface area (Å²) in [5.74, 6) is 0.812. The number of benzene rings is 1. The maximum atomic E-state index is 13.4. The number of aromatic nitrogens is 2. The van der Waals surface area contributed by atoms with E-state index < -0.39 is 30.5 Å². The first-order valence-electron chi connectivity index (χ1n) is 10.0. The van der Waals surface area contributed by atoms with Crippen LogP contribution in [0.5, 0.6) is 5.75 Å². The number of fused-ring (bicyclic) bond motifs is 5. The van der Waals surface area contributed by atoms with E-state index >= 15 is 0 Å². The van der Waals surface area contributed by atoms with Crippen LogP contribution in [0.1, 0.15) is 18.1 Å². The SMILES string of the molecule is C[C@H](Nc1cc2c(c3c1CC3)-c1nc(N3C(=O)OC[C@H]3C(F)F)cn1CCO2)C(N)=O. The lowest BCUT2D eigenvalue weighted by molar-refractivity contribution is -0.118. The van der Waals surface area contributed by atoms with E-state index in [1.54, 1.807) is 13.1 Å². The molecule has 1 aliphatic carbocycles. The Bertz CT molecular complexity index is 1090. The zero-order valence-corrected chi connectivity index (χ0v) is 16.7. The molecule has 2 aromatic rings. The Balaban J connectivity index is 1.58. The minimum atomic E-state index is -2.74. The smallest absolute Gasteiger partial charge is 0.416 e. The van der Waals surface area contributed by atoms with Gasteiger partial charge in [-0.05, 0) is 30.9 Å². The molecule has 1 fully saturated rings. The van der Waals surface area contributed by atoms with Gasteiger partial charge in [0, 0.05) is 18.0 Å². The number of nitrogens with zero attached hydrogens (tertiary/aromatic N) is 3. The maximum Gasteiger partial charge on any atom is 0.416 e. The number of imidazole rings is 1. The number of anilines is 2. The van der Waals surface area contributed by atoms with Crippen LogP contribution < -0.4 is 20.7 Å². The standard InChI is InChI=1S/C20H21F2N5O4/c1-9(18(23)28)24-12-6-14-16(11-3-2-10(11)12)19-25-15(7-26(19)4-5-30-14)27-13(17(21)22)8-31-20(27)29/h6-7,9,13,17,24H,2-5,8H2,1H3,(H2,23,28)/t9-,13-/m0/s1. The van der Waals surface area contributed by atoms with Gasteiger partial charge < -0.3 is 25.1 Å². The van der Waals surface area contributed by atoms with Crippen LogP contribution in [-0.4, -0.2) is 53.3 Å². The third kappa shape index (κ3) is 3.06. The number of nitrogens with one attached hydrogen (secondary N) is 1. The van der Waals surface area contributed by atoms with Gasteiger partial charge in [-0.25, -0.2) is 23.5 Å². The molecule has 5 rings (SSSR count). The molecule has 3 heterocycles. The monoisotopic (exact) mass is 433 g/mol. The van der Waals surface area contributed by atoms with Crippen molar-refractivity contribution in [3.8, 4) is 17.1 Å². The highest BCUT2D eigenvalue weighted by molar-refractivity contribution is 5.90. The number of primary amides is 1. The molecule has 2 atom stereocenters. The number of alkyl halides is 2. The first kappa shape index (κ1) is 19.6. The van der Waals surface area contributed by atoms with Crippen LogP contribution in [-0.2, 0) is 28.9 Å². The maximum absolute atomic E-state index is 13.4. The number of nitrogens with two attached hydrogens (primary N) is 1. The van der Waals surface area contributed by atoms with Crippen LogP contribution >= 0.6 is 0 Å². The summed E-state index contributed by atoms with van der Waals surface area (Å²) in [6.07, 6.45) is -0.388. The van der Waals surface area contributed by atoms with Gasteiger partial charge in [0.2, 0.25) is 5.91 Å². The van der Waals surface area contributed by atoms with Gasteiger partial charge in [0.25, 0.3) is 6.43 Å². The van der Waals surface area contributed by atoms with Gasteiger partial charge in [0.15, 0.2) is 5.82 Å². The van der Waals surface area contributed by atoms with Crippen LogP contribution in [0.25, 0.3) is 11.4 Å². The Kier molecular flexibility index (Phi) is 4.49. The number of carbonyl (C=O) groups is 2. The predicted octanol–water partition coefficient (Wildman–Crippen LogP) is 1.92. The van der Waals surface area contributed by atoms with Crippen molar-refractivity contribution in [2.24, 2.45) is 5.73 Å². The molecule has 1 saturated heterocycles. The fourth-order valence-corrected chi connectivity index (χ4v) is 4.21. The molecular weight excluding hydrogens is 412 g/mol. The molecule has 3 aliphatic rings. The largest absolute Gasteiger partial charge is 0.491 e. The first-order chi connectivity index (χ1) is 14.8. The summed E-state index contributed by atoms with van der Waals surface area (Å²) in [6.45, 7) is 2.09.